The molecule has 80 valence electrons. The molecule has 4 heteroatoms. The lowest BCUT2D eigenvalue weighted by atomic mass is 10.1. The smallest absolute Gasteiger partial charge is 0.407 e. The number of nitrogens with zero attached hydrogens (tertiary/aromatic N) is 1. The number of alkyl carbamates (subject to hydrolysis) is 1. The topological polar surface area (TPSA) is 51.2 Å². The van der Waals surface area contributed by atoms with E-state index in [-0.39, 0.29) is 12.1 Å². The molecule has 2 aromatic rings. The van der Waals surface area contributed by atoms with Crippen molar-refractivity contribution in [2.24, 2.45) is 0 Å². The average Bonchev–Trinajstić information content (AvgIpc) is 2.75. The lowest BCUT2D eigenvalue weighted by Gasteiger charge is -2.08. The second kappa shape index (κ2) is 3.48. The Labute approximate surface area is 92.2 Å². The Morgan fingerprint density at radius 3 is 3.12 bits per heavy atom. The minimum atomic E-state index is -0.351. The van der Waals surface area contributed by atoms with E-state index in [1.165, 1.54) is 0 Å². The zero-order chi connectivity index (χ0) is 11.0. The number of hydrogen-bond acceptors (Lipinski definition) is 3. The molecule has 3 rings (SSSR count). The van der Waals surface area contributed by atoms with E-state index in [2.05, 4.69) is 10.3 Å². The number of benzene rings is 1. The van der Waals surface area contributed by atoms with Crippen LogP contribution in [0.2, 0.25) is 0 Å². The molecular weight excluding hydrogens is 204 g/mol. The van der Waals surface area contributed by atoms with Gasteiger partial charge >= 0.3 is 6.09 Å². The van der Waals surface area contributed by atoms with Crippen molar-refractivity contribution < 1.29 is 9.53 Å². The first-order valence-corrected chi connectivity index (χ1v) is 5.11. The first-order valence-electron chi connectivity index (χ1n) is 5.11. The zero-order valence-corrected chi connectivity index (χ0v) is 8.51. The summed E-state index contributed by atoms with van der Waals surface area (Å²) < 4.78 is 4.87. The zero-order valence-electron chi connectivity index (χ0n) is 8.51. The van der Waals surface area contributed by atoms with Crippen molar-refractivity contribution in [1.82, 2.24) is 10.3 Å². The van der Waals surface area contributed by atoms with E-state index < -0.39 is 0 Å². The van der Waals surface area contributed by atoms with Crippen molar-refractivity contribution in [2.45, 2.75) is 6.04 Å². The Bertz CT molecular complexity index is 553. The van der Waals surface area contributed by atoms with Crippen molar-refractivity contribution in [1.29, 1.82) is 0 Å². The van der Waals surface area contributed by atoms with Crippen LogP contribution < -0.4 is 5.32 Å². The van der Waals surface area contributed by atoms with Gasteiger partial charge in [0.2, 0.25) is 0 Å². The highest BCUT2D eigenvalue weighted by Gasteiger charge is 2.23. The van der Waals surface area contributed by atoms with Gasteiger partial charge in [0.1, 0.15) is 6.61 Å². The van der Waals surface area contributed by atoms with Gasteiger partial charge in [0.05, 0.1) is 11.6 Å². The van der Waals surface area contributed by atoms with Crippen LogP contribution in [0.25, 0.3) is 10.9 Å². The van der Waals surface area contributed by atoms with Gasteiger partial charge in [-0.15, -0.1) is 0 Å². The number of aromatic nitrogens is 1. The SMILES string of the molecule is O=C1NC(c2ccc3ncccc3c2)CO1. The summed E-state index contributed by atoms with van der Waals surface area (Å²) in [6.07, 6.45) is 1.42. The molecule has 0 radical (unpaired) electrons. The summed E-state index contributed by atoms with van der Waals surface area (Å²) in [5.74, 6) is 0. The van der Waals surface area contributed by atoms with E-state index in [0.717, 1.165) is 16.5 Å². The Kier molecular flexibility index (Phi) is 1.99. The van der Waals surface area contributed by atoms with Crippen LogP contribution in [0.15, 0.2) is 36.5 Å². The number of rotatable bonds is 1. The van der Waals surface area contributed by atoms with Crippen LogP contribution in [0.4, 0.5) is 4.79 Å². The Morgan fingerprint density at radius 2 is 2.31 bits per heavy atom. The molecule has 16 heavy (non-hydrogen) atoms. The summed E-state index contributed by atoms with van der Waals surface area (Å²) in [6.45, 7) is 0.393. The monoisotopic (exact) mass is 214 g/mol. The summed E-state index contributed by atoms with van der Waals surface area (Å²) in [6, 6.07) is 9.81. The van der Waals surface area contributed by atoms with Gasteiger partial charge in [0.25, 0.3) is 0 Å². The Balaban J connectivity index is 2.02. The van der Waals surface area contributed by atoms with E-state index in [1.807, 2.05) is 30.3 Å². The van der Waals surface area contributed by atoms with Crippen molar-refractivity contribution >= 4 is 17.0 Å². The maximum atomic E-state index is 10.9. The third-order valence-electron chi connectivity index (χ3n) is 2.70. The van der Waals surface area contributed by atoms with E-state index in [0.29, 0.717) is 6.61 Å². The number of nitrogens with one attached hydrogen (secondary N) is 1. The fourth-order valence-electron chi connectivity index (χ4n) is 1.88. The van der Waals surface area contributed by atoms with E-state index in [9.17, 15) is 4.79 Å². The number of carbonyl (C=O) groups is 1. The molecule has 1 amide bonds. The molecule has 1 saturated heterocycles. The maximum absolute atomic E-state index is 10.9. The lowest BCUT2D eigenvalue weighted by Crippen LogP contribution is -2.18. The highest BCUT2D eigenvalue weighted by atomic mass is 16.6. The molecule has 0 saturated carbocycles. The lowest BCUT2D eigenvalue weighted by molar-refractivity contribution is 0.177. The maximum Gasteiger partial charge on any atom is 0.407 e. The predicted octanol–water partition coefficient (Wildman–Crippen LogP) is 2.02. The summed E-state index contributed by atoms with van der Waals surface area (Å²) in [5.41, 5.74) is 2.00. The van der Waals surface area contributed by atoms with Crippen LogP contribution in [0.1, 0.15) is 11.6 Å². The van der Waals surface area contributed by atoms with Crippen LogP contribution >= 0.6 is 0 Å². The van der Waals surface area contributed by atoms with Gasteiger partial charge in [-0.25, -0.2) is 4.79 Å². The highest BCUT2D eigenvalue weighted by molar-refractivity contribution is 5.79. The number of carbonyl (C=O) groups excluding carboxylic acids is 1. The first-order chi connectivity index (χ1) is 7.83. The van der Waals surface area contributed by atoms with Gasteiger partial charge in [0.15, 0.2) is 0 Å². The molecule has 1 aromatic heterocycles. The highest BCUT2D eigenvalue weighted by Crippen LogP contribution is 2.21. The van der Waals surface area contributed by atoms with Gasteiger partial charge in [-0.1, -0.05) is 12.1 Å². The number of fused-ring (bicyclic) bond motifs is 1. The van der Waals surface area contributed by atoms with E-state index >= 15 is 0 Å². The first kappa shape index (κ1) is 9.15. The molecule has 1 N–H and O–H groups in total. The molecule has 1 aliphatic rings. The molecule has 1 atom stereocenters. The normalized spacial score (nSPS) is 19.5. The number of ether oxygens (including phenoxy) is 1. The molecule has 0 spiro atoms. The second-order valence-electron chi connectivity index (χ2n) is 3.75. The minimum Gasteiger partial charge on any atom is -0.447 e. The number of cyclic esters (lactones) is 1. The van der Waals surface area contributed by atoms with Gasteiger partial charge in [-0.2, -0.15) is 0 Å². The van der Waals surface area contributed by atoms with Gasteiger partial charge in [-0.3, -0.25) is 4.98 Å². The molecule has 0 aliphatic carbocycles. The molecular formula is C12H10N2O2. The van der Waals surface area contributed by atoms with Crippen LogP contribution in [0, 0.1) is 0 Å². The predicted molar refractivity (Wildman–Crippen MR) is 59.0 cm³/mol. The summed E-state index contributed by atoms with van der Waals surface area (Å²) in [7, 11) is 0. The van der Waals surface area contributed by atoms with E-state index in [1.54, 1.807) is 6.20 Å². The molecule has 4 nitrogen and oxygen atoms in total. The third-order valence-corrected chi connectivity index (χ3v) is 2.70. The summed E-state index contributed by atoms with van der Waals surface area (Å²) in [5, 5.41) is 3.82. The van der Waals surface area contributed by atoms with Crippen molar-refractivity contribution in [3.05, 3.63) is 42.1 Å². The Morgan fingerprint density at radius 1 is 1.38 bits per heavy atom. The van der Waals surface area contributed by atoms with Crippen LogP contribution in [0.5, 0.6) is 0 Å². The van der Waals surface area contributed by atoms with E-state index in [4.69, 9.17) is 4.74 Å². The number of pyridine rings is 1. The quantitative estimate of drug-likeness (QED) is 0.790. The summed E-state index contributed by atoms with van der Waals surface area (Å²) in [4.78, 5) is 15.2. The van der Waals surface area contributed by atoms with Crippen LogP contribution in [0.3, 0.4) is 0 Å². The minimum absolute atomic E-state index is 0.0443. The molecule has 1 fully saturated rings. The van der Waals surface area contributed by atoms with Crippen molar-refractivity contribution in [3.8, 4) is 0 Å². The summed E-state index contributed by atoms with van der Waals surface area (Å²) >= 11 is 0. The standard InChI is InChI=1S/C12H10N2O2/c15-12-14-11(7-16-12)9-3-4-10-8(6-9)2-1-5-13-10/h1-6,11H,7H2,(H,14,15). The number of amides is 1. The van der Waals surface area contributed by atoms with Gasteiger partial charge in [0, 0.05) is 11.6 Å². The van der Waals surface area contributed by atoms with Gasteiger partial charge in [-0.05, 0) is 23.8 Å². The largest absolute Gasteiger partial charge is 0.447 e. The van der Waals surface area contributed by atoms with Crippen molar-refractivity contribution in [2.75, 3.05) is 6.61 Å². The molecule has 1 unspecified atom stereocenters. The number of hydrogen-bond donors (Lipinski definition) is 1. The molecule has 2 heterocycles. The van der Waals surface area contributed by atoms with Gasteiger partial charge < -0.3 is 10.1 Å². The fraction of sp³-hybridized carbons (Fsp3) is 0.167. The van der Waals surface area contributed by atoms with Crippen LogP contribution in [-0.2, 0) is 4.74 Å². The fourth-order valence-corrected chi connectivity index (χ4v) is 1.88. The average molecular weight is 214 g/mol. The molecule has 0 bridgehead atoms. The Hall–Kier alpha value is -2.10. The molecule has 1 aliphatic heterocycles. The third kappa shape index (κ3) is 1.48. The van der Waals surface area contributed by atoms with Crippen molar-refractivity contribution in [3.63, 3.8) is 0 Å². The molecule has 1 aromatic carbocycles. The van der Waals surface area contributed by atoms with Crippen LogP contribution in [-0.4, -0.2) is 17.7 Å². The second-order valence-corrected chi connectivity index (χ2v) is 3.75.